The average Bonchev–Trinajstić information content (AvgIpc) is 2.17. The Bertz CT molecular complexity index is 276. The molecule has 70 valence electrons. The molecular formula is C13H18. The molecule has 0 spiro atoms. The Morgan fingerprint density at radius 1 is 1.23 bits per heavy atom. The van der Waals surface area contributed by atoms with Gasteiger partial charge in [0.2, 0.25) is 0 Å². The minimum atomic E-state index is 0.726. The van der Waals surface area contributed by atoms with E-state index in [1.54, 1.807) is 11.1 Å². The van der Waals surface area contributed by atoms with Crippen LogP contribution in [0.25, 0.3) is 0 Å². The molecule has 0 aromatic carbocycles. The maximum Gasteiger partial charge on any atom is 0.00173 e. The summed E-state index contributed by atoms with van der Waals surface area (Å²) in [6, 6.07) is 0. The molecule has 0 nitrogen and oxygen atoms in total. The van der Waals surface area contributed by atoms with Gasteiger partial charge >= 0.3 is 0 Å². The number of hydrogen-bond donors (Lipinski definition) is 0. The molecule has 0 fully saturated rings. The van der Waals surface area contributed by atoms with Crippen LogP contribution in [0.5, 0.6) is 0 Å². The lowest BCUT2D eigenvalue weighted by atomic mass is 9.80. The van der Waals surface area contributed by atoms with Gasteiger partial charge in [-0.25, -0.2) is 0 Å². The molecule has 0 aliphatic heterocycles. The smallest absolute Gasteiger partial charge is 0.00173 e. The third-order valence-corrected chi connectivity index (χ3v) is 3.14. The van der Waals surface area contributed by atoms with Gasteiger partial charge < -0.3 is 0 Å². The molecule has 0 amide bonds. The predicted molar refractivity (Wildman–Crippen MR) is 57.5 cm³/mol. The van der Waals surface area contributed by atoms with Crippen LogP contribution in [-0.4, -0.2) is 0 Å². The van der Waals surface area contributed by atoms with Gasteiger partial charge in [-0.2, -0.15) is 0 Å². The van der Waals surface area contributed by atoms with Gasteiger partial charge in [-0.1, -0.05) is 49.3 Å². The lowest BCUT2D eigenvalue weighted by molar-refractivity contribution is 0.655. The molecule has 2 aliphatic rings. The lowest BCUT2D eigenvalue weighted by Gasteiger charge is -2.25. The lowest BCUT2D eigenvalue weighted by Crippen LogP contribution is -2.10. The van der Waals surface area contributed by atoms with E-state index in [1.807, 2.05) is 0 Å². The fourth-order valence-electron chi connectivity index (χ4n) is 2.18. The predicted octanol–water partition coefficient (Wildman–Crippen LogP) is 3.87. The fraction of sp³-hybridized carbons (Fsp3) is 0.538. The maximum absolute atomic E-state index is 2.50. The van der Waals surface area contributed by atoms with Gasteiger partial charge in [0.1, 0.15) is 0 Å². The van der Waals surface area contributed by atoms with Gasteiger partial charge in [0.25, 0.3) is 0 Å². The molecule has 2 rings (SSSR count). The van der Waals surface area contributed by atoms with Gasteiger partial charge in [-0.15, -0.1) is 0 Å². The van der Waals surface area contributed by atoms with Crippen molar-refractivity contribution in [1.82, 2.24) is 0 Å². The molecular weight excluding hydrogens is 156 g/mol. The van der Waals surface area contributed by atoms with Crippen molar-refractivity contribution in [2.24, 2.45) is 11.8 Å². The number of fused-ring (bicyclic) bond motifs is 1. The van der Waals surface area contributed by atoms with Gasteiger partial charge in [0.15, 0.2) is 0 Å². The summed E-state index contributed by atoms with van der Waals surface area (Å²) < 4.78 is 0. The van der Waals surface area contributed by atoms with Crippen molar-refractivity contribution >= 4 is 0 Å². The first-order valence-electron chi connectivity index (χ1n) is 5.32. The van der Waals surface area contributed by atoms with Crippen molar-refractivity contribution in [2.75, 3.05) is 0 Å². The Hall–Kier alpha value is -0.780. The minimum absolute atomic E-state index is 0.726. The van der Waals surface area contributed by atoms with Crippen LogP contribution in [0.1, 0.15) is 33.1 Å². The highest BCUT2D eigenvalue weighted by Crippen LogP contribution is 2.33. The van der Waals surface area contributed by atoms with Crippen LogP contribution in [-0.2, 0) is 0 Å². The van der Waals surface area contributed by atoms with E-state index in [1.165, 1.54) is 19.3 Å². The number of hydrogen-bond acceptors (Lipinski definition) is 0. The number of rotatable bonds is 1. The maximum atomic E-state index is 2.50. The Morgan fingerprint density at radius 3 is 2.85 bits per heavy atom. The summed E-state index contributed by atoms with van der Waals surface area (Å²) in [5, 5.41) is 0. The zero-order chi connectivity index (χ0) is 9.26. The van der Waals surface area contributed by atoms with Gasteiger partial charge in [-0.3, -0.25) is 0 Å². The third kappa shape index (κ3) is 1.77. The van der Waals surface area contributed by atoms with E-state index in [2.05, 4.69) is 38.2 Å². The van der Waals surface area contributed by atoms with E-state index in [4.69, 9.17) is 0 Å². The molecule has 0 saturated heterocycles. The molecule has 0 N–H and O–H groups in total. The number of allylic oxidation sites excluding steroid dienone is 6. The van der Waals surface area contributed by atoms with Crippen LogP contribution in [0.2, 0.25) is 0 Å². The normalized spacial score (nSPS) is 26.8. The molecule has 0 saturated carbocycles. The Balaban J connectivity index is 2.17. The van der Waals surface area contributed by atoms with Crippen molar-refractivity contribution in [3.05, 3.63) is 35.5 Å². The Kier molecular flexibility index (Phi) is 2.39. The van der Waals surface area contributed by atoms with Crippen molar-refractivity contribution in [3.8, 4) is 0 Å². The second kappa shape index (κ2) is 3.53. The summed E-state index contributed by atoms with van der Waals surface area (Å²) in [4.78, 5) is 0. The van der Waals surface area contributed by atoms with Gasteiger partial charge in [0.05, 0.1) is 0 Å². The van der Waals surface area contributed by atoms with Crippen LogP contribution in [0, 0.1) is 11.8 Å². The summed E-state index contributed by atoms with van der Waals surface area (Å²) in [6.45, 7) is 4.59. The molecule has 0 heterocycles. The molecule has 0 aromatic rings. The van der Waals surface area contributed by atoms with E-state index in [-0.39, 0.29) is 0 Å². The van der Waals surface area contributed by atoms with Crippen molar-refractivity contribution in [1.29, 1.82) is 0 Å². The minimum Gasteiger partial charge on any atom is -0.0873 e. The highest BCUT2D eigenvalue weighted by Gasteiger charge is 2.18. The second-order valence-electron chi connectivity index (χ2n) is 4.40. The average molecular weight is 174 g/mol. The highest BCUT2D eigenvalue weighted by molar-refractivity contribution is 5.30. The van der Waals surface area contributed by atoms with E-state index in [0.29, 0.717) is 0 Å². The molecule has 0 heteroatoms. The summed E-state index contributed by atoms with van der Waals surface area (Å²) >= 11 is 0. The van der Waals surface area contributed by atoms with E-state index >= 15 is 0 Å². The standard InChI is InChI=1S/C13H18/c1-10(2)12-8-7-11-5-3-4-6-13(11)9-12/h3-4,7,9-10,13H,5-6,8H2,1-2H3. The van der Waals surface area contributed by atoms with Crippen molar-refractivity contribution in [2.45, 2.75) is 33.1 Å². The first-order chi connectivity index (χ1) is 6.27. The largest absolute Gasteiger partial charge is 0.0873 e. The molecule has 0 bridgehead atoms. The molecule has 2 aliphatic carbocycles. The van der Waals surface area contributed by atoms with Crippen LogP contribution in [0.15, 0.2) is 35.5 Å². The summed E-state index contributed by atoms with van der Waals surface area (Å²) in [5.74, 6) is 1.46. The summed E-state index contributed by atoms with van der Waals surface area (Å²) in [5.41, 5.74) is 3.27. The molecule has 0 aromatic heterocycles. The van der Waals surface area contributed by atoms with Gasteiger partial charge in [0, 0.05) is 5.92 Å². The van der Waals surface area contributed by atoms with Crippen LogP contribution in [0.3, 0.4) is 0 Å². The zero-order valence-corrected chi connectivity index (χ0v) is 8.59. The van der Waals surface area contributed by atoms with Crippen molar-refractivity contribution < 1.29 is 0 Å². The molecule has 13 heavy (non-hydrogen) atoms. The van der Waals surface area contributed by atoms with Gasteiger partial charge in [-0.05, 0) is 25.2 Å². The monoisotopic (exact) mass is 174 g/mol. The fourth-order valence-corrected chi connectivity index (χ4v) is 2.18. The topological polar surface area (TPSA) is 0 Å². The first kappa shape index (κ1) is 8.80. The van der Waals surface area contributed by atoms with E-state index < -0.39 is 0 Å². The van der Waals surface area contributed by atoms with Crippen LogP contribution < -0.4 is 0 Å². The quantitative estimate of drug-likeness (QED) is 0.529. The van der Waals surface area contributed by atoms with Crippen LogP contribution in [0.4, 0.5) is 0 Å². The third-order valence-electron chi connectivity index (χ3n) is 3.14. The van der Waals surface area contributed by atoms with Crippen molar-refractivity contribution in [3.63, 3.8) is 0 Å². The van der Waals surface area contributed by atoms with Crippen LogP contribution >= 0.6 is 0 Å². The van der Waals surface area contributed by atoms with E-state index in [0.717, 1.165) is 11.8 Å². The Labute approximate surface area is 81.0 Å². The second-order valence-corrected chi connectivity index (χ2v) is 4.40. The molecule has 0 radical (unpaired) electrons. The summed E-state index contributed by atoms with van der Waals surface area (Å²) in [6.07, 6.45) is 13.2. The first-order valence-corrected chi connectivity index (χ1v) is 5.32. The SMILES string of the molecule is CC(C)C1=CC2CC=CCC2=CC1. The molecule has 1 unspecified atom stereocenters. The zero-order valence-electron chi connectivity index (χ0n) is 8.59. The van der Waals surface area contributed by atoms with E-state index in [9.17, 15) is 0 Å². The Morgan fingerprint density at radius 2 is 2.08 bits per heavy atom. The summed E-state index contributed by atoms with van der Waals surface area (Å²) in [7, 11) is 0. The highest BCUT2D eigenvalue weighted by atomic mass is 14.2. The molecule has 1 atom stereocenters.